The van der Waals surface area contributed by atoms with Crippen LogP contribution in [0.2, 0.25) is 0 Å². The van der Waals surface area contributed by atoms with Gasteiger partial charge in [0.15, 0.2) is 0 Å². The number of aldehydes is 2. The molecule has 3 unspecified atom stereocenters. The van der Waals surface area contributed by atoms with Crippen molar-refractivity contribution in [2.75, 3.05) is 0 Å². The molecule has 0 aliphatic heterocycles. The molecule has 0 saturated heterocycles. The Morgan fingerprint density at radius 1 is 1.11 bits per heavy atom. The molecule has 2 aromatic carbocycles. The van der Waals surface area contributed by atoms with E-state index in [1.165, 1.54) is 33.4 Å². The van der Waals surface area contributed by atoms with Crippen molar-refractivity contribution in [3.63, 3.8) is 0 Å². The van der Waals surface area contributed by atoms with Crippen LogP contribution in [0.1, 0.15) is 79.3 Å². The van der Waals surface area contributed by atoms with Crippen molar-refractivity contribution in [3.05, 3.63) is 69.8 Å². The SMILES string of the molecule is Cc1ccc2c(c1)CC(C)(C=O)C2C(CC=O)c1cc(C(C)(C)C)ccc1C. The number of aryl methyl sites for hydroxylation is 2. The molecule has 28 heavy (non-hydrogen) atoms. The molecule has 0 aromatic heterocycles. The van der Waals surface area contributed by atoms with Crippen molar-refractivity contribution in [1.82, 2.24) is 0 Å². The molecule has 2 aromatic rings. The molecule has 2 heteroatoms. The first-order chi connectivity index (χ1) is 13.1. The van der Waals surface area contributed by atoms with Gasteiger partial charge in [-0.15, -0.1) is 0 Å². The molecular formula is C26H32O2. The van der Waals surface area contributed by atoms with Gasteiger partial charge in [0, 0.05) is 17.8 Å². The molecule has 148 valence electrons. The molecule has 0 saturated carbocycles. The Bertz CT molecular complexity index is 903. The summed E-state index contributed by atoms with van der Waals surface area (Å²) in [5, 5.41) is 0. The molecule has 0 radical (unpaired) electrons. The number of rotatable bonds is 5. The summed E-state index contributed by atoms with van der Waals surface area (Å²) < 4.78 is 0. The Kier molecular flexibility index (Phi) is 5.36. The van der Waals surface area contributed by atoms with Crippen LogP contribution < -0.4 is 0 Å². The van der Waals surface area contributed by atoms with Gasteiger partial charge in [0.1, 0.15) is 12.6 Å². The first-order valence-electron chi connectivity index (χ1n) is 10.2. The molecule has 3 rings (SSSR count). The smallest absolute Gasteiger partial charge is 0.126 e. The average molecular weight is 377 g/mol. The van der Waals surface area contributed by atoms with Gasteiger partial charge in [0.05, 0.1) is 0 Å². The van der Waals surface area contributed by atoms with E-state index in [1.54, 1.807) is 0 Å². The largest absolute Gasteiger partial charge is 0.303 e. The predicted octanol–water partition coefficient (Wildman–Crippen LogP) is 5.82. The number of carbonyl (C=O) groups excluding carboxylic acids is 2. The lowest BCUT2D eigenvalue weighted by molar-refractivity contribution is -0.117. The fourth-order valence-corrected chi connectivity index (χ4v) is 4.91. The van der Waals surface area contributed by atoms with Crippen LogP contribution in [0.4, 0.5) is 0 Å². The monoisotopic (exact) mass is 376 g/mol. The normalized spacial score (nSPS) is 22.6. The summed E-state index contributed by atoms with van der Waals surface area (Å²) in [6.45, 7) is 12.9. The average Bonchev–Trinajstić information content (AvgIpc) is 2.91. The topological polar surface area (TPSA) is 34.1 Å². The van der Waals surface area contributed by atoms with E-state index in [1.807, 2.05) is 0 Å². The van der Waals surface area contributed by atoms with Crippen molar-refractivity contribution < 1.29 is 9.59 Å². The minimum Gasteiger partial charge on any atom is -0.303 e. The summed E-state index contributed by atoms with van der Waals surface area (Å²) in [4.78, 5) is 24.0. The highest BCUT2D eigenvalue weighted by Crippen LogP contribution is 2.54. The molecule has 0 amide bonds. The molecule has 3 atom stereocenters. The second kappa shape index (κ2) is 7.31. The lowest BCUT2D eigenvalue weighted by atomic mass is 9.67. The van der Waals surface area contributed by atoms with Crippen LogP contribution in [-0.4, -0.2) is 12.6 Å². The zero-order valence-electron chi connectivity index (χ0n) is 18.0. The maximum Gasteiger partial charge on any atom is 0.126 e. The summed E-state index contributed by atoms with van der Waals surface area (Å²) in [5.74, 6) is 0.0127. The Morgan fingerprint density at radius 3 is 2.43 bits per heavy atom. The Hall–Kier alpha value is -2.22. The van der Waals surface area contributed by atoms with Gasteiger partial charge in [0.25, 0.3) is 0 Å². The van der Waals surface area contributed by atoms with Crippen molar-refractivity contribution in [3.8, 4) is 0 Å². The fourth-order valence-electron chi connectivity index (χ4n) is 4.91. The van der Waals surface area contributed by atoms with Gasteiger partial charge in [-0.2, -0.15) is 0 Å². The number of hydrogen-bond donors (Lipinski definition) is 0. The highest BCUT2D eigenvalue weighted by molar-refractivity contribution is 5.67. The van der Waals surface area contributed by atoms with E-state index in [-0.39, 0.29) is 17.3 Å². The minimum absolute atomic E-state index is 0.000967. The van der Waals surface area contributed by atoms with Crippen LogP contribution in [0, 0.1) is 19.3 Å². The van der Waals surface area contributed by atoms with Gasteiger partial charge < -0.3 is 9.59 Å². The van der Waals surface area contributed by atoms with Gasteiger partial charge in [-0.25, -0.2) is 0 Å². The quantitative estimate of drug-likeness (QED) is 0.616. The van der Waals surface area contributed by atoms with Crippen molar-refractivity contribution in [2.45, 2.75) is 71.6 Å². The second-order valence-electron chi connectivity index (χ2n) is 9.81. The maximum absolute atomic E-state index is 12.3. The zero-order valence-corrected chi connectivity index (χ0v) is 18.0. The van der Waals surface area contributed by atoms with Crippen molar-refractivity contribution in [1.29, 1.82) is 0 Å². The van der Waals surface area contributed by atoms with Crippen LogP contribution in [-0.2, 0) is 21.4 Å². The maximum atomic E-state index is 12.3. The lowest BCUT2D eigenvalue weighted by Gasteiger charge is -2.35. The van der Waals surface area contributed by atoms with E-state index in [0.29, 0.717) is 6.42 Å². The molecule has 0 spiro atoms. The van der Waals surface area contributed by atoms with Gasteiger partial charge in [0.2, 0.25) is 0 Å². The Labute approximate surface area is 169 Å². The molecule has 0 N–H and O–H groups in total. The highest BCUT2D eigenvalue weighted by atomic mass is 16.1. The third kappa shape index (κ3) is 3.57. The molecule has 1 aliphatic rings. The summed E-state index contributed by atoms with van der Waals surface area (Å²) in [6.07, 6.45) is 3.31. The molecular weight excluding hydrogens is 344 g/mol. The molecule has 2 nitrogen and oxygen atoms in total. The predicted molar refractivity (Wildman–Crippen MR) is 115 cm³/mol. The number of benzene rings is 2. The Balaban J connectivity index is 2.20. The van der Waals surface area contributed by atoms with E-state index in [0.717, 1.165) is 19.0 Å². The first kappa shape index (κ1) is 20.5. The van der Waals surface area contributed by atoms with Crippen LogP contribution >= 0.6 is 0 Å². The summed E-state index contributed by atoms with van der Waals surface area (Å²) in [6, 6.07) is 13.1. The molecule has 0 bridgehead atoms. The van der Waals surface area contributed by atoms with Gasteiger partial charge in [-0.3, -0.25) is 0 Å². The van der Waals surface area contributed by atoms with Crippen LogP contribution in [0.15, 0.2) is 36.4 Å². The van der Waals surface area contributed by atoms with E-state index in [4.69, 9.17) is 0 Å². The number of carbonyl (C=O) groups is 2. The molecule has 1 aliphatic carbocycles. The van der Waals surface area contributed by atoms with E-state index >= 15 is 0 Å². The van der Waals surface area contributed by atoms with Crippen LogP contribution in [0.5, 0.6) is 0 Å². The van der Waals surface area contributed by atoms with Crippen molar-refractivity contribution >= 4 is 12.6 Å². The summed E-state index contributed by atoms with van der Waals surface area (Å²) in [5.41, 5.74) is 6.89. The first-order valence-corrected chi connectivity index (χ1v) is 10.2. The van der Waals surface area contributed by atoms with E-state index in [9.17, 15) is 9.59 Å². The second-order valence-corrected chi connectivity index (χ2v) is 9.81. The van der Waals surface area contributed by atoms with E-state index < -0.39 is 5.41 Å². The zero-order chi connectivity index (χ0) is 20.7. The third-order valence-electron chi connectivity index (χ3n) is 6.48. The standard InChI is InChI=1S/C26H32O2/c1-17-7-10-21-19(13-17)15-26(6,16-28)24(21)22(11-12-27)23-14-20(25(3,4)5)9-8-18(23)2/h7-10,12-14,16,22,24H,11,15H2,1-6H3. The number of fused-ring (bicyclic) bond motifs is 1. The molecule has 0 heterocycles. The summed E-state index contributed by atoms with van der Waals surface area (Å²) >= 11 is 0. The molecule has 0 fully saturated rings. The van der Waals surface area contributed by atoms with Gasteiger partial charge in [-0.05, 0) is 59.4 Å². The fraction of sp³-hybridized carbons (Fsp3) is 0.462. The highest BCUT2D eigenvalue weighted by Gasteiger charge is 2.47. The van der Waals surface area contributed by atoms with Crippen LogP contribution in [0.25, 0.3) is 0 Å². The van der Waals surface area contributed by atoms with Crippen LogP contribution in [0.3, 0.4) is 0 Å². The minimum atomic E-state index is -0.492. The Morgan fingerprint density at radius 2 is 1.82 bits per heavy atom. The van der Waals surface area contributed by atoms with Crippen molar-refractivity contribution in [2.24, 2.45) is 5.41 Å². The third-order valence-corrected chi connectivity index (χ3v) is 6.48. The lowest BCUT2D eigenvalue weighted by Crippen LogP contribution is -2.29. The van der Waals surface area contributed by atoms with Gasteiger partial charge >= 0.3 is 0 Å². The number of hydrogen-bond acceptors (Lipinski definition) is 2. The van der Waals surface area contributed by atoms with Gasteiger partial charge in [-0.1, -0.05) is 69.7 Å². The summed E-state index contributed by atoms with van der Waals surface area (Å²) in [7, 11) is 0. The van der Waals surface area contributed by atoms with E-state index in [2.05, 4.69) is 77.9 Å².